The monoisotopic (exact) mass is 274 g/mol. The molecule has 0 aliphatic heterocycles. The molecule has 0 fully saturated rings. The first-order valence-corrected chi connectivity index (χ1v) is 8.13. The number of rotatable bonds is 14. The van der Waals surface area contributed by atoms with Crippen molar-refractivity contribution in [3.8, 4) is 0 Å². The van der Waals surface area contributed by atoms with Gasteiger partial charge in [-0.15, -0.1) is 0 Å². The molecule has 0 aliphatic rings. The third-order valence-electron chi connectivity index (χ3n) is 3.61. The molecule has 19 heavy (non-hydrogen) atoms. The fourth-order valence-electron chi connectivity index (χ4n) is 2.31. The smallest absolute Gasteiger partial charge is 0.0541 e. The molecule has 0 aromatic rings. The van der Waals surface area contributed by atoms with E-state index in [0.717, 1.165) is 32.1 Å². The Labute approximate surface area is 119 Å². The number of unbranched alkanes of at least 4 members (excludes halogenated alkanes) is 8. The molecule has 2 atom stereocenters. The van der Waals surface area contributed by atoms with Crippen LogP contribution in [0.2, 0.25) is 0 Å². The second-order valence-electron chi connectivity index (χ2n) is 5.77. The van der Waals surface area contributed by atoms with Crippen LogP contribution in [0, 0.1) is 0 Å². The van der Waals surface area contributed by atoms with E-state index < -0.39 is 0 Å². The van der Waals surface area contributed by atoms with Crippen LogP contribution in [-0.4, -0.2) is 34.1 Å². The van der Waals surface area contributed by atoms with Crippen molar-refractivity contribution in [3.63, 3.8) is 0 Å². The predicted octanol–water partition coefficient (Wildman–Crippen LogP) is 3.40. The van der Waals surface area contributed by atoms with Gasteiger partial charge in [-0.1, -0.05) is 51.4 Å². The Hall–Kier alpha value is -0.120. The maximum absolute atomic E-state index is 9.69. The average Bonchev–Trinajstić information content (AvgIpc) is 2.38. The fourth-order valence-corrected chi connectivity index (χ4v) is 2.31. The van der Waals surface area contributed by atoms with E-state index in [1.807, 2.05) is 0 Å². The summed E-state index contributed by atoms with van der Waals surface area (Å²) in [5, 5.41) is 27.5. The van der Waals surface area contributed by atoms with Gasteiger partial charge >= 0.3 is 0 Å². The van der Waals surface area contributed by atoms with Crippen molar-refractivity contribution in [3.05, 3.63) is 0 Å². The van der Waals surface area contributed by atoms with Crippen LogP contribution in [-0.2, 0) is 0 Å². The molecule has 3 N–H and O–H groups in total. The van der Waals surface area contributed by atoms with E-state index in [-0.39, 0.29) is 12.2 Å². The van der Waals surface area contributed by atoms with Crippen molar-refractivity contribution in [2.45, 2.75) is 96.2 Å². The van der Waals surface area contributed by atoms with Gasteiger partial charge < -0.3 is 15.3 Å². The quantitative estimate of drug-likeness (QED) is 0.425. The Morgan fingerprint density at radius 3 is 1.58 bits per heavy atom. The van der Waals surface area contributed by atoms with Crippen LogP contribution in [0.4, 0.5) is 0 Å². The summed E-state index contributed by atoms with van der Waals surface area (Å²) in [6.07, 6.45) is 12.6. The molecule has 0 aromatic carbocycles. The normalized spacial score (nSPS) is 14.5. The molecule has 0 aliphatic carbocycles. The summed E-state index contributed by atoms with van der Waals surface area (Å²) >= 11 is 0. The topological polar surface area (TPSA) is 60.7 Å². The maximum atomic E-state index is 9.69. The second-order valence-corrected chi connectivity index (χ2v) is 5.77. The Morgan fingerprint density at radius 2 is 1.11 bits per heavy atom. The van der Waals surface area contributed by atoms with Gasteiger partial charge in [0.1, 0.15) is 0 Å². The summed E-state index contributed by atoms with van der Waals surface area (Å²) < 4.78 is 0. The molecule has 2 unspecified atom stereocenters. The Bertz CT molecular complexity index is 171. The van der Waals surface area contributed by atoms with Crippen LogP contribution in [0.1, 0.15) is 84.0 Å². The molecule has 0 rings (SSSR count). The van der Waals surface area contributed by atoms with E-state index in [4.69, 9.17) is 10.2 Å². The van der Waals surface area contributed by atoms with Gasteiger partial charge in [-0.3, -0.25) is 0 Å². The first kappa shape index (κ1) is 18.9. The molecule has 0 spiro atoms. The van der Waals surface area contributed by atoms with Gasteiger partial charge in [-0.2, -0.15) is 0 Å². The Morgan fingerprint density at radius 1 is 0.632 bits per heavy atom. The molecule has 0 aromatic heterocycles. The van der Waals surface area contributed by atoms with Crippen molar-refractivity contribution in [2.75, 3.05) is 6.61 Å². The maximum Gasteiger partial charge on any atom is 0.0541 e. The van der Waals surface area contributed by atoms with E-state index in [0.29, 0.717) is 13.0 Å². The van der Waals surface area contributed by atoms with Crippen LogP contribution in [0.5, 0.6) is 0 Å². The largest absolute Gasteiger partial charge is 0.396 e. The SMILES string of the molecule is CC(O)CCC(O)CCCCCCCCCCCO. The minimum atomic E-state index is -0.291. The van der Waals surface area contributed by atoms with Gasteiger partial charge in [0.2, 0.25) is 0 Å². The number of aliphatic hydroxyl groups excluding tert-OH is 3. The second kappa shape index (κ2) is 14.3. The van der Waals surface area contributed by atoms with Crippen molar-refractivity contribution in [2.24, 2.45) is 0 Å². The van der Waals surface area contributed by atoms with Gasteiger partial charge in [0.15, 0.2) is 0 Å². The lowest BCUT2D eigenvalue weighted by Crippen LogP contribution is -2.10. The third kappa shape index (κ3) is 15.8. The lowest BCUT2D eigenvalue weighted by molar-refractivity contribution is 0.114. The van der Waals surface area contributed by atoms with Crippen LogP contribution < -0.4 is 0 Å². The zero-order valence-electron chi connectivity index (χ0n) is 12.7. The first-order chi connectivity index (χ1) is 9.16. The van der Waals surface area contributed by atoms with Crippen LogP contribution in [0.25, 0.3) is 0 Å². The predicted molar refractivity (Wildman–Crippen MR) is 80.2 cm³/mol. The van der Waals surface area contributed by atoms with Gasteiger partial charge in [0, 0.05) is 6.61 Å². The van der Waals surface area contributed by atoms with Crippen LogP contribution in [0.15, 0.2) is 0 Å². The van der Waals surface area contributed by atoms with Crippen molar-refractivity contribution in [1.82, 2.24) is 0 Å². The third-order valence-corrected chi connectivity index (χ3v) is 3.61. The molecule has 116 valence electrons. The summed E-state index contributed by atoms with van der Waals surface area (Å²) in [5.41, 5.74) is 0. The van der Waals surface area contributed by atoms with E-state index in [1.165, 1.54) is 38.5 Å². The molecule has 0 amide bonds. The number of hydrogen-bond donors (Lipinski definition) is 3. The lowest BCUT2D eigenvalue weighted by atomic mass is 10.0. The first-order valence-electron chi connectivity index (χ1n) is 8.13. The summed E-state index contributed by atoms with van der Waals surface area (Å²) in [5.74, 6) is 0. The van der Waals surface area contributed by atoms with E-state index in [1.54, 1.807) is 6.92 Å². The zero-order chi connectivity index (χ0) is 14.3. The molecule has 3 heteroatoms. The molecule has 0 saturated heterocycles. The standard InChI is InChI=1S/C16H34O3/c1-15(18)12-13-16(19)11-9-7-5-3-2-4-6-8-10-14-17/h15-19H,2-14H2,1H3. The van der Waals surface area contributed by atoms with E-state index >= 15 is 0 Å². The van der Waals surface area contributed by atoms with E-state index in [9.17, 15) is 5.11 Å². The summed E-state index contributed by atoms with van der Waals surface area (Å²) in [4.78, 5) is 0. The minimum absolute atomic E-state index is 0.229. The van der Waals surface area contributed by atoms with Gasteiger partial charge in [0.05, 0.1) is 12.2 Å². The van der Waals surface area contributed by atoms with Gasteiger partial charge in [0.25, 0.3) is 0 Å². The molecule has 0 saturated carbocycles. The highest BCUT2D eigenvalue weighted by Gasteiger charge is 2.05. The highest BCUT2D eigenvalue weighted by molar-refractivity contribution is 4.59. The highest BCUT2D eigenvalue weighted by atomic mass is 16.3. The summed E-state index contributed by atoms with van der Waals surface area (Å²) in [6, 6.07) is 0. The molecular formula is C16H34O3. The van der Waals surface area contributed by atoms with Crippen molar-refractivity contribution >= 4 is 0 Å². The van der Waals surface area contributed by atoms with Crippen molar-refractivity contribution < 1.29 is 15.3 Å². The van der Waals surface area contributed by atoms with Gasteiger partial charge in [-0.25, -0.2) is 0 Å². The van der Waals surface area contributed by atoms with E-state index in [2.05, 4.69) is 0 Å². The number of hydrogen-bond acceptors (Lipinski definition) is 3. The van der Waals surface area contributed by atoms with Gasteiger partial charge in [-0.05, 0) is 32.6 Å². The fraction of sp³-hybridized carbons (Fsp3) is 1.00. The molecule has 0 radical (unpaired) electrons. The molecular weight excluding hydrogens is 240 g/mol. The Kier molecular flexibility index (Phi) is 14.2. The highest BCUT2D eigenvalue weighted by Crippen LogP contribution is 2.13. The number of aliphatic hydroxyl groups is 3. The molecule has 0 heterocycles. The Balaban J connectivity index is 3.09. The summed E-state index contributed by atoms with van der Waals surface area (Å²) in [6.45, 7) is 2.10. The average molecular weight is 274 g/mol. The molecule has 3 nitrogen and oxygen atoms in total. The molecule has 0 bridgehead atoms. The van der Waals surface area contributed by atoms with Crippen LogP contribution in [0.3, 0.4) is 0 Å². The zero-order valence-corrected chi connectivity index (χ0v) is 12.7. The van der Waals surface area contributed by atoms with Crippen molar-refractivity contribution in [1.29, 1.82) is 0 Å². The summed E-state index contributed by atoms with van der Waals surface area (Å²) in [7, 11) is 0. The minimum Gasteiger partial charge on any atom is -0.396 e. The lowest BCUT2D eigenvalue weighted by Gasteiger charge is -2.11. The van der Waals surface area contributed by atoms with Crippen LogP contribution >= 0.6 is 0 Å².